The molecule has 0 aliphatic heterocycles. The monoisotopic (exact) mass is 235 g/mol. The first-order valence-corrected chi connectivity index (χ1v) is 5.73. The van der Waals surface area contributed by atoms with E-state index in [4.69, 9.17) is 11.6 Å². The summed E-state index contributed by atoms with van der Waals surface area (Å²) < 4.78 is 1.97. The highest BCUT2D eigenvalue weighted by atomic mass is 35.5. The van der Waals surface area contributed by atoms with Crippen LogP contribution in [0.1, 0.15) is 29.8 Å². The van der Waals surface area contributed by atoms with E-state index in [0.717, 1.165) is 17.4 Å². The Morgan fingerprint density at radius 3 is 2.69 bits per heavy atom. The fraction of sp³-hybridized carbons (Fsp3) is 0.308. The maximum Gasteiger partial charge on any atom is 0.163 e. The van der Waals surface area contributed by atoms with Gasteiger partial charge in [0.05, 0.1) is 11.1 Å². The van der Waals surface area contributed by atoms with Crippen molar-refractivity contribution in [2.75, 3.05) is 0 Å². The molecule has 0 saturated heterocycles. The van der Waals surface area contributed by atoms with Crippen LogP contribution in [0.3, 0.4) is 0 Å². The molecule has 84 valence electrons. The Morgan fingerprint density at radius 2 is 2.12 bits per heavy atom. The van der Waals surface area contributed by atoms with Crippen LogP contribution in [0.4, 0.5) is 0 Å². The van der Waals surface area contributed by atoms with Gasteiger partial charge in [-0.05, 0) is 32.4 Å². The van der Waals surface area contributed by atoms with Crippen molar-refractivity contribution in [1.29, 1.82) is 0 Å². The summed E-state index contributed by atoms with van der Waals surface area (Å²) in [7, 11) is 0. The van der Waals surface area contributed by atoms with E-state index in [-0.39, 0.29) is 5.78 Å². The number of nitrogens with zero attached hydrogens (tertiary/aromatic N) is 1. The number of rotatable bonds is 2. The van der Waals surface area contributed by atoms with Crippen molar-refractivity contribution in [2.24, 2.45) is 0 Å². The molecule has 0 N–H and O–H groups in total. The van der Waals surface area contributed by atoms with E-state index in [9.17, 15) is 4.79 Å². The van der Waals surface area contributed by atoms with Gasteiger partial charge in [0.15, 0.2) is 5.78 Å². The molecule has 0 radical (unpaired) electrons. The Labute approximate surface area is 99.8 Å². The van der Waals surface area contributed by atoms with Gasteiger partial charge < -0.3 is 4.57 Å². The second-order valence-corrected chi connectivity index (χ2v) is 4.34. The maximum absolute atomic E-state index is 11.6. The number of halogens is 1. The lowest BCUT2D eigenvalue weighted by Crippen LogP contribution is -1.95. The van der Waals surface area contributed by atoms with Gasteiger partial charge in [0, 0.05) is 11.9 Å². The first-order valence-electron chi connectivity index (χ1n) is 5.35. The van der Waals surface area contributed by atoms with Crippen molar-refractivity contribution >= 4 is 28.3 Å². The number of hydrogen-bond acceptors (Lipinski definition) is 1. The fourth-order valence-corrected chi connectivity index (χ4v) is 2.52. The van der Waals surface area contributed by atoms with Gasteiger partial charge in [-0.25, -0.2) is 0 Å². The van der Waals surface area contributed by atoms with Crippen LogP contribution < -0.4 is 0 Å². The summed E-state index contributed by atoms with van der Waals surface area (Å²) in [6.07, 6.45) is 0. The number of carbonyl (C=O) groups is 1. The Morgan fingerprint density at radius 1 is 1.44 bits per heavy atom. The molecule has 2 aromatic rings. The van der Waals surface area contributed by atoms with Crippen LogP contribution >= 0.6 is 11.6 Å². The van der Waals surface area contributed by atoms with Gasteiger partial charge in [-0.15, -0.1) is 0 Å². The van der Waals surface area contributed by atoms with E-state index in [1.807, 2.05) is 30.5 Å². The second kappa shape index (κ2) is 3.95. The van der Waals surface area contributed by atoms with Crippen LogP contribution in [0, 0.1) is 6.92 Å². The zero-order valence-corrected chi connectivity index (χ0v) is 10.4. The molecule has 0 saturated carbocycles. The fourth-order valence-electron chi connectivity index (χ4n) is 2.07. The van der Waals surface area contributed by atoms with Crippen LogP contribution in [-0.2, 0) is 6.54 Å². The molecular weight excluding hydrogens is 222 g/mol. The third-order valence-corrected chi connectivity index (χ3v) is 3.22. The Hall–Kier alpha value is -1.28. The van der Waals surface area contributed by atoms with Crippen molar-refractivity contribution in [3.05, 3.63) is 34.5 Å². The largest absolute Gasteiger partial charge is 0.331 e. The van der Waals surface area contributed by atoms with Crippen molar-refractivity contribution in [3.63, 3.8) is 0 Å². The van der Waals surface area contributed by atoms with Gasteiger partial charge in [-0.3, -0.25) is 4.79 Å². The summed E-state index contributed by atoms with van der Waals surface area (Å²) in [6, 6.07) is 6.04. The van der Waals surface area contributed by atoms with Crippen LogP contribution in [0.15, 0.2) is 18.2 Å². The Bertz CT molecular complexity index is 569. The van der Waals surface area contributed by atoms with Crippen LogP contribution in [-0.4, -0.2) is 10.4 Å². The molecule has 0 spiro atoms. The quantitative estimate of drug-likeness (QED) is 0.726. The predicted octanol–water partition coefficient (Wildman–Crippen LogP) is 3.83. The van der Waals surface area contributed by atoms with Crippen molar-refractivity contribution in [3.8, 4) is 0 Å². The van der Waals surface area contributed by atoms with Crippen molar-refractivity contribution in [1.82, 2.24) is 4.57 Å². The van der Waals surface area contributed by atoms with Gasteiger partial charge in [-0.1, -0.05) is 23.7 Å². The first kappa shape index (κ1) is 11.2. The average molecular weight is 236 g/mol. The van der Waals surface area contributed by atoms with E-state index in [1.54, 1.807) is 6.92 Å². The lowest BCUT2D eigenvalue weighted by molar-refractivity contribution is 0.101. The molecule has 0 aliphatic rings. The maximum atomic E-state index is 11.6. The van der Waals surface area contributed by atoms with Crippen molar-refractivity contribution < 1.29 is 4.79 Å². The van der Waals surface area contributed by atoms with Gasteiger partial charge in [-0.2, -0.15) is 0 Å². The molecule has 3 heteroatoms. The zero-order chi connectivity index (χ0) is 11.9. The summed E-state index contributed by atoms with van der Waals surface area (Å²) in [6.45, 7) is 6.39. The smallest absolute Gasteiger partial charge is 0.163 e. The molecule has 1 aromatic carbocycles. The number of Topliss-reactive ketones (excluding diaryl/α,β-unsaturated/α-hetero) is 1. The number of hydrogen-bond donors (Lipinski definition) is 0. The van der Waals surface area contributed by atoms with Crippen LogP contribution in [0.5, 0.6) is 0 Å². The third kappa shape index (κ3) is 1.54. The Balaban J connectivity index is 2.91. The number of benzene rings is 1. The number of aryl methyl sites for hydroxylation is 2. The lowest BCUT2D eigenvalue weighted by atomic mass is 10.1. The molecule has 0 amide bonds. The minimum Gasteiger partial charge on any atom is -0.331 e. The Kier molecular flexibility index (Phi) is 2.76. The second-order valence-electron chi connectivity index (χ2n) is 3.99. The zero-order valence-electron chi connectivity index (χ0n) is 9.67. The minimum absolute atomic E-state index is 0.0195. The van der Waals surface area contributed by atoms with E-state index < -0.39 is 0 Å². The first-order chi connectivity index (χ1) is 7.56. The highest BCUT2D eigenvalue weighted by Crippen LogP contribution is 2.30. The molecular formula is C13H14ClNO. The number of carbonyl (C=O) groups excluding carboxylic acids is 1. The van der Waals surface area contributed by atoms with E-state index >= 15 is 0 Å². The topological polar surface area (TPSA) is 22.0 Å². The average Bonchev–Trinajstić information content (AvgIpc) is 2.49. The number of ketones is 1. The van der Waals surface area contributed by atoms with Gasteiger partial charge in [0.2, 0.25) is 0 Å². The molecule has 0 fully saturated rings. The molecule has 16 heavy (non-hydrogen) atoms. The van der Waals surface area contributed by atoms with Crippen LogP contribution in [0.2, 0.25) is 5.15 Å². The SMILES string of the molecule is CCn1c(Cl)c(C(C)=O)c2ccc(C)cc21. The summed E-state index contributed by atoms with van der Waals surface area (Å²) >= 11 is 6.24. The molecule has 0 aliphatic carbocycles. The number of fused-ring (bicyclic) bond motifs is 1. The lowest BCUT2D eigenvalue weighted by Gasteiger charge is -2.02. The number of aromatic nitrogens is 1. The molecule has 1 aromatic heterocycles. The van der Waals surface area contributed by atoms with E-state index in [0.29, 0.717) is 10.7 Å². The van der Waals surface area contributed by atoms with E-state index in [2.05, 4.69) is 6.07 Å². The molecule has 0 atom stereocenters. The summed E-state index contributed by atoms with van der Waals surface area (Å²) in [5.74, 6) is 0.0195. The van der Waals surface area contributed by atoms with Crippen molar-refractivity contribution in [2.45, 2.75) is 27.3 Å². The van der Waals surface area contributed by atoms with Gasteiger partial charge in [0.1, 0.15) is 5.15 Å². The predicted molar refractivity (Wildman–Crippen MR) is 67.4 cm³/mol. The standard InChI is InChI=1S/C13H14ClNO/c1-4-15-11-7-8(2)5-6-10(11)12(9(3)16)13(15)14/h5-7H,4H2,1-3H3. The summed E-state index contributed by atoms with van der Waals surface area (Å²) in [4.78, 5) is 11.6. The van der Waals surface area contributed by atoms with Gasteiger partial charge in [0.25, 0.3) is 0 Å². The highest BCUT2D eigenvalue weighted by Gasteiger charge is 2.17. The third-order valence-electron chi connectivity index (χ3n) is 2.82. The summed E-state index contributed by atoms with van der Waals surface area (Å²) in [5.41, 5.74) is 2.85. The summed E-state index contributed by atoms with van der Waals surface area (Å²) in [5, 5.41) is 1.50. The normalized spacial score (nSPS) is 11.0. The van der Waals surface area contributed by atoms with Crippen LogP contribution in [0.25, 0.3) is 10.9 Å². The van der Waals surface area contributed by atoms with Gasteiger partial charge >= 0.3 is 0 Å². The highest BCUT2D eigenvalue weighted by molar-refractivity contribution is 6.35. The molecule has 1 heterocycles. The molecule has 0 bridgehead atoms. The van der Waals surface area contributed by atoms with E-state index in [1.165, 1.54) is 5.56 Å². The molecule has 0 unspecified atom stereocenters. The molecule has 2 rings (SSSR count). The minimum atomic E-state index is 0.0195. The molecule has 2 nitrogen and oxygen atoms in total.